The van der Waals surface area contributed by atoms with Gasteiger partial charge in [0.15, 0.2) is 17.6 Å². The molecule has 1 aromatic heterocycles. The average Bonchev–Trinajstić information content (AvgIpc) is 3.27. The van der Waals surface area contributed by atoms with Crippen molar-refractivity contribution in [3.63, 3.8) is 0 Å². The molecule has 2 aliphatic rings. The van der Waals surface area contributed by atoms with E-state index in [0.717, 1.165) is 62.2 Å². The number of benzene rings is 5. The Balaban J connectivity index is 0.993. The third kappa shape index (κ3) is 9.55. The SMILES string of the molecule is CC[C@@H](c1ccccc1)N1Cc2cc3c(cc2C[C@H]1C(=O)N[C@@H](Cc1ccc(-c2cc(C)ncc2C)cc1)C(=O)O)OC[C@H](c1ccc(OCc2ccc(Cl)c(Cl)c2)cc1)O3. The van der Waals surface area contributed by atoms with Crippen LogP contribution in [-0.4, -0.2) is 45.6 Å². The number of hydrogen-bond acceptors (Lipinski definition) is 7. The standard InChI is InChI=1S/C50H47Cl2N3O6/c1-4-44(35-8-6-5-7-9-35)55-27-38-25-47-46(60-29-48(61-47)36-15-17-39(18-16-36)59-28-33-12-19-41(51)42(52)21-33)24-37(38)23-45(55)49(56)54-43(50(57)58)22-32-10-13-34(14-11-32)40-20-31(3)53-26-30(40)2/h5-21,24-26,43-45,48H,4,22-23,27-29H2,1-3H3,(H,54,56)(H,57,58)/t43-,44-,45-,48+/m0/s1. The lowest BCUT2D eigenvalue weighted by atomic mass is 9.89. The Labute approximate surface area is 366 Å². The summed E-state index contributed by atoms with van der Waals surface area (Å²) in [7, 11) is 0. The number of carbonyl (C=O) groups is 2. The molecule has 61 heavy (non-hydrogen) atoms. The van der Waals surface area contributed by atoms with Crippen molar-refractivity contribution in [3.8, 4) is 28.4 Å². The number of pyridine rings is 1. The third-order valence-corrected chi connectivity index (χ3v) is 12.3. The minimum Gasteiger partial charge on any atom is -0.489 e. The number of fused-ring (bicyclic) bond motifs is 2. The second-order valence-corrected chi connectivity index (χ2v) is 16.6. The van der Waals surface area contributed by atoms with Crippen molar-refractivity contribution in [3.05, 3.63) is 176 Å². The van der Waals surface area contributed by atoms with Crippen molar-refractivity contribution in [1.29, 1.82) is 0 Å². The van der Waals surface area contributed by atoms with Crippen LogP contribution in [0.2, 0.25) is 10.0 Å². The summed E-state index contributed by atoms with van der Waals surface area (Å²) >= 11 is 12.2. The van der Waals surface area contributed by atoms with Crippen LogP contribution in [0.4, 0.5) is 0 Å². The number of carbonyl (C=O) groups excluding carboxylic acids is 1. The molecule has 5 aromatic carbocycles. The molecule has 2 N–H and O–H groups in total. The molecule has 0 unspecified atom stereocenters. The highest BCUT2D eigenvalue weighted by atomic mass is 35.5. The van der Waals surface area contributed by atoms with Gasteiger partial charge in [-0.1, -0.05) is 103 Å². The van der Waals surface area contributed by atoms with Gasteiger partial charge in [0.1, 0.15) is 25.0 Å². The monoisotopic (exact) mass is 855 g/mol. The zero-order chi connectivity index (χ0) is 42.6. The van der Waals surface area contributed by atoms with Gasteiger partial charge in [0.05, 0.1) is 16.1 Å². The largest absolute Gasteiger partial charge is 0.489 e. The highest BCUT2D eigenvalue weighted by molar-refractivity contribution is 6.42. The molecule has 312 valence electrons. The molecule has 8 rings (SSSR count). The van der Waals surface area contributed by atoms with Gasteiger partial charge in [-0.15, -0.1) is 0 Å². The molecule has 0 radical (unpaired) electrons. The molecule has 0 fully saturated rings. The second-order valence-electron chi connectivity index (χ2n) is 15.8. The number of carboxylic acids is 1. The Bertz CT molecular complexity index is 2530. The molecular weight excluding hydrogens is 809 g/mol. The fraction of sp³-hybridized carbons (Fsp3) is 0.260. The number of carboxylic acid groups (broad SMARTS) is 1. The molecule has 0 saturated heterocycles. The lowest BCUT2D eigenvalue weighted by molar-refractivity contribution is -0.143. The third-order valence-electron chi connectivity index (χ3n) is 11.6. The maximum atomic E-state index is 14.4. The zero-order valence-electron chi connectivity index (χ0n) is 34.2. The minimum absolute atomic E-state index is 0.0976. The summed E-state index contributed by atoms with van der Waals surface area (Å²) in [6.07, 6.45) is 2.78. The number of hydrogen-bond donors (Lipinski definition) is 2. The van der Waals surface area contributed by atoms with Crippen LogP contribution >= 0.6 is 23.2 Å². The summed E-state index contributed by atoms with van der Waals surface area (Å²) < 4.78 is 18.9. The first-order valence-corrected chi connectivity index (χ1v) is 21.3. The number of nitrogens with one attached hydrogen (secondary N) is 1. The molecule has 1 amide bonds. The first-order valence-electron chi connectivity index (χ1n) is 20.5. The second kappa shape index (κ2) is 18.4. The average molecular weight is 857 g/mol. The van der Waals surface area contributed by atoms with Gasteiger partial charge in [0.2, 0.25) is 5.91 Å². The van der Waals surface area contributed by atoms with Crippen molar-refractivity contribution in [1.82, 2.24) is 15.2 Å². The van der Waals surface area contributed by atoms with Crippen LogP contribution in [0.5, 0.6) is 17.2 Å². The highest BCUT2D eigenvalue weighted by Crippen LogP contribution is 2.43. The predicted molar refractivity (Wildman–Crippen MR) is 237 cm³/mol. The van der Waals surface area contributed by atoms with E-state index in [-0.39, 0.29) is 24.5 Å². The summed E-state index contributed by atoms with van der Waals surface area (Å²) in [6, 6.07) is 35.4. The van der Waals surface area contributed by atoms with E-state index >= 15 is 0 Å². The van der Waals surface area contributed by atoms with Crippen molar-refractivity contribution < 1.29 is 28.9 Å². The van der Waals surface area contributed by atoms with Crippen LogP contribution in [0.1, 0.15) is 70.1 Å². The molecule has 0 saturated carbocycles. The van der Waals surface area contributed by atoms with E-state index in [1.807, 2.05) is 111 Å². The number of ether oxygens (including phenoxy) is 3. The predicted octanol–water partition coefficient (Wildman–Crippen LogP) is 10.5. The van der Waals surface area contributed by atoms with E-state index < -0.39 is 18.1 Å². The lowest BCUT2D eigenvalue weighted by Gasteiger charge is -2.42. The molecule has 0 bridgehead atoms. The summed E-state index contributed by atoms with van der Waals surface area (Å²) in [6.45, 7) is 7.20. The van der Waals surface area contributed by atoms with Crippen LogP contribution in [-0.2, 0) is 35.6 Å². The molecule has 0 aliphatic carbocycles. The molecule has 0 spiro atoms. The van der Waals surface area contributed by atoms with Gasteiger partial charge >= 0.3 is 5.97 Å². The van der Waals surface area contributed by atoms with Crippen LogP contribution in [0.3, 0.4) is 0 Å². The Morgan fingerprint density at radius 3 is 2.34 bits per heavy atom. The molecular formula is C50H47Cl2N3O6. The summed E-state index contributed by atoms with van der Waals surface area (Å²) in [4.78, 5) is 33.7. The van der Waals surface area contributed by atoms with Gasteiger partial charge < -0.3 is 24.6 Å². The van der Waals surface area contributed by atoms with Crippen molar-refractivity contribution in [2.75, 3.05) is 6.61 Å². The fourth-order valence-electron chi connectivity index (χ4n) is 8.28. The number of aliphatic carboxylic acids is 1. The van der Waals surface area contributed by atoms with Gasteiger partial charge in [0.25, 0.3) is 0 Å². The van der Waals surface area contributed by atoms with Gasteiger partial charge in [0, 0.05) is 30.9 Å². The molecule has 9 nitrogen and oxygen atoms in total. The van der Waals surface area contributed by atoms with Gasteiger partial charge in [-0.3, -0.25) is 14.7 Å². The first-order chi connectivity index (χ1) is 29.5. The number of halogens is 2. The Morgan fingerprint density at radius 2 is 1.62 bits per heavy atom. The number of aromatic nitrogens is 1. The maximum Gasteiger partial charge on any atom is 0.326 e. The number of rotatable bonds is 13. The van der Waals surface area contributed by atoms with Gasteiger partial charge in [-0.2, -0.15) is 0 Å². The Morgan fingerprint density at radius 1 is 0.885 bits per heavy atom. The van der Waals surface area contributed by atoms with Crippen molar-refractivity contribution >= 4 is 35.1 Å². The Kier molecular flexibility index (Phi) is 12.6. The molecule has 4 atom stereocenters. The van der Waals surface area contributed by atoms with Crippen molar-refractivity contribution in [2.24, 2.45) is 0 Å². The fourth-order valence-corrected chi connectivity index (χ4v) is 8.60. The van der Waals surface area contributed by atoms with E-state index in [9.17, 15) is 14.7 Å². The normalized spacial score (nSPS) is 16.9. The van der Waals surface area contributed by atoms with E-state index in [1.54, 1.807) is 12.1 Å². The number of amides is 1. The number of aryl methyl sites for hydroxylation is 2. The summed E-state index contributed by atoms with van der Waals surface area (Å²) in [5.41, 5.74) is 9.84. The maximum absolute atomic E-state index is 14.4. The van der Waals surface area contributed by atoms with E-state index in [0.29, 0.717) is 53.5 Å². The van der Waals surface area contributed by atoms with E-state index in [2.05, 4.69) is 34.3 Å². The number of nitrogens with zero attached hydrogens (tertiary/aromatic N) is 2. The lowest BCUT2D eigenvalue weighted by Crippen LogP contribution is -2.55. The van der Waals surface area contributed by atoms with Crippen LogP contribution < -0.4 is 19.5 Å². The summed E-state index contributed by atoms with van der Waals surface area (Å²) in [5.74, 6) is 0.542. The minimum atomic E-state index is -1.12. The molecule has 3 heterocycles. The molecule has 11 heteroatoms. The topological polar surface area (TPSA) is 110 Å². The first kappa shape index (κ1) is 41.8. The van der Waals surface area contributed by atoms with Gasteiger partial charge in [-0.05, 0) is 119 Å². The van der Waals surface area contributed by atoms with E-state index in [4.69, 9.17) is 37.4 Å². The summed E-state index contributed by atoms with van der Waals surface area (Å²) in [5, 5.41) is 14.3. The zero-order valence-corrected chi connectivity index (χ0v) is 35.7. The van der Waals surface area contributed by atoms with Crippen LogP contribution in [0, 0.1) is 13.8 Å². The van der Waals surface area contributed by atoms with E-state index in [1.165, 1.54) is 0 Å². The molecule has 2 aliphatic heterocycles. The van der Waals surface area contributed by atoms with Crippen LogP contribution in [0.25, 0.3) is 11.1 Å². The Hall–Kier alpha value is -5.87. The van der Waals surface area contributed by atoms with Gasteiger partial charge in [-0.25, -0.2) is 4.79 Å². The smallest absolute Gasteiger partial charge is 0.326 e. The van der Waals surface area contributed by atoms with Crippen molar-refractivity contribution in [2.45, 2.75) is 77.4 Å². The highest BCUT2D eigenvalue weighted by Gasteiger charge is 2.39. The molecule has 6 aromatic rings. The quantitative estimate of drug-likeness (QED) is 0.118. The van der Waals surface area contributed by atoms with Crippen LogP contribution in [0.15, 0.2) is 121 Å².